The lowest BCUT2D eigenvalue weighted by molar-refractivity contribution is 0.0905. The van der Waals surface area contributed by atoms with Crippen LogP contribution in [0.1, 0.15) is 40.5 Å². The van der Waals surface area contributed by atoms with Crippen LogP contribution in [0.4, 0.5) is 0 Å². The normalized spacial score (nSPS) is 15.2. The first-order valence-electron chi connectivity index (χ1n) is 7.06. The Balaban J connectivity index is 4.17. The summed E-state index contributed by atoms with van der Waals surface area (Å²) in [4.78, 5) is 2.50. The molecule has 1 unspecified atom stereocenters. The van der Waals surface area contributed by atoms with Crippen LogP contribution >= 0.6 is 0 Å². The third kappa shape index (κ3) is 7.74. The Bertz CT molecular complexity index is 168. The van der Waals surface area contributed by atoms with Gasteiger partial charge in [-0.2, -0.15) is 0 Å². The van der Waals surface area contributed by atoms with Gasteiger partial charge in [0.1, 0.15) is 0 Å². The number of hydrogen-bond donors (Lipinski definition) is 1. The summed E-state index contributed by atoms with van der Waals surface area (Å²) in [5.74, 6) is 0. The Labute approximate surface area is 108 Å². The van der Waals surface area contributed by atoms with E-state index >= 15 is 0 Å². The molecule has 0 aliphatic rings. The molecule has 0 fully saturated rings. The molecule has 0 amide bonds. The van der Waals surface area contributed by atoms with E-state index in [9.17, 15) is 0 Å². The number of hydrogen-bond acceptors (Lipinski definition) is 3. The summed E-state index contributed by atoms with van der Waals surface area (Å²) in [6.07, 6.45) is 2.53. The van der Waals surface area contributed by atoms with E-state index in [1.807, 2.05) is 7.05 Å². The fourth-order valence-electron chi connectivity index (χ4n) is 2.48. The van der Waals surface area contributed by atoms with Gasteiger partial charge in [-0.05, 0) is 32.4 Å². The van der Waals surface area contributed by atoms with Gasteiger partial charge in [0.25, 0.3) is 0 Å². The lowest BCUT2D eigenvalue weighted by atomic mass is 9.85. The monoisotopic (exact) mass is 244 g/mol. The Morgan fingerprint density at radius 1 is 1.24 bits per heavy atom. The second-order valence-electron chi connectivity index (χ2n) is 5.16. The minimum Gasteiger partial charge on any atom is -0.380 e. The molecule has 0 aliphatic carbocycles. The van der Waals surface area contributed by atoms with Crippen molar-refractivity contribution in [2.24, 2.45) is 5.41 Å². The quantitative estimate of drug-likeness (QED) is 0.565. The number of likely N-dealkylation sites (N-methyl/N-ethyl adjacent to an activating group) is 1. The fourth-order valence-corrected chi connectivity index (χ4v) is 2.48. The van der Waals surface area contributed by atoms with Crippen molar-refractivity contribution in [1.29, 1.82) is 0 Å². The summed E-state index contributed by atoms with van der Waals surface area (Å²) in [7, 11) is 2.05. The van der Waals surface area contributed by atoms with Gasteiger partial charge >= 0.3 is 0 Å². The van der Waals surface area contributed by atoms with E-state index in [4.69, 9.17) is 4.74 Å². The van der Waals surface area contributed by atoms with E-state index in [-0.39, 0.29) is 0 Å². The maximum atomic E-state index is 5.44. The molecule has 104 valence electrons. The molecular weight excluding hydrogens is 212 g/mol. The maximum Gasteiger partial charge on any atom is 0.0593 e. The predicted molar refractivity (Wildman–Crippen MR) is 75.5 cm³/mol. The SMILES string of the molecule is CCCC(C)(CNC)CN(CC)CCOCC. The molecule has 0 heterocycles. The molecular formula is C14H32N2O. The summed E-state index contributed by atoms with van der Waals surface area (Å²) in [6, 6.07) is 0. The molecule has 0 aromatic rings. The molecule has 1 N–H and O–H groups in total. The van der Waals surface area contributed by atoms with Gasteiger partial charge in [-0.1, -0.05) is 27.2 Å². The molecule has 0 saturated carbocycles. The number of rotatable bonds is 11. The van der Waals surface area contributed by atoms with Crippen molar-refractivity contribution < 1.29 is 4.74 Å². The Hall–Kier alpha value is -0.120. The zero-order valence-corrected chi connectivity index (χ0v) is 12.5. The minimum absolute atomic E-state index is 0.381. The van der Waals surface area contributed by atoms with Gasteiger partial charge in [-0.3, -0.25) is 0 Å². The number of nitrogens with zero attached hydrogens (tertiary/aromatic N) is 1. The zero-order chi connectivity index (χ0) is 13.1. The first kappa shape index (κ1) is 16.9. The van der Waals surface area contributed by atoms with Crippen molar-refractivity contribution in [2.75, 3.05) is 46.4 Å². The van der Waals surface area contributed by atoms with Crippen LogP contribution in [0.2, 0.25) is 0 Å². The van der Waals surface area contributed by atoms with Crippen LogP contribution in [-0.4, -0.2) is 51.3 Å². The summed E-state index contributed by atoms with van der Waals surface area (Å²) in [6.45, 7) is 15.0. The van der Waals surface area contributed by atoms with Gasteiger partial charge in [-0.15, -0.1) is 0 Å². The molecule has 0 aromatic carbocycles. The van der Waals surface area contributed by atoms with Gasteiger partial charge in [0.2, 0.25) is 0 Å². The first-order chi connectivity index (χ1) is 8.11. The van der Waals surface area contributed by atoms with Gasteiger partial charge in [0, 0.05) is 26.2 Å². The average Bonchev–Trinajstić information content (AvgIpc) is 2.28. The average molecular weight is 244 g/mol. The van der Waals surface area contributed by atoms with Crippen molar-refractivity contribution in [1.82, 2.24) is 10.2 Å². The van der Waals surface area contributed by atoms with Crippen molar-refractivity contribution in [3.8, 4) is 0 Å². The van der Waals surface area contributed by atoms with Crippen LogP contribution in [0.15, 0.2) is 0 Å². The van der Waals surface area contributed by atoms with E-state index in [1.165, 1.54) is 12.8 Å². The molecule has 0 bridgehead atoms. The Morgan fingerprint density at radius 3 is 2.41 bits per heavy atom. The van der Waals surface area contributed by atoms with Crippen molar-refractivity contribution in [2.45, 2.75) is 40.5 Å². The highest BCUT2D eigenvalue weighted by atomic mass is 16.5. The summed E-state index contributed by atoms with van der Waals surface area (Å²) < 4.78 is 5.44. The highest BCUT2D eigenvalue weighted by Gasteiger charge is 2.24. The van der Waals surface area contributed by atoms with Crippen molar-refractivity contribution >= 4 is 0 Å². The Morgan fingerprint density at radius 2 is 1.94 bits per heavy atom. The maximum absolute atomic E-state index is 5.44. The molecule has 17 heavy (non-hydrogen) atoms. The lowest BCUT2D eigenvalue weighted by Crippen LogP contribution is -2.42. The third-order valence-electron chi connectivity index (χ3n) is 3.27. The van der Waals surface area contributed by atoms with Crippen LogP contribution in [0.5, 0.6) is 0 Å². The van der Waals surface area contributed by atoms with E-state index in [1.54, 1.807) is 0 Å². The van der Waals surface area contributed by atoms with Gasteiger partial charge < -0.3 is 15.0 Å². The smallest absolute Gasteiger partial charge is 0.0593 e. The molecule has 0 rings (SSSR count). The van der Waals surface area contributed by atoms with E-state index in [2.05, 4.69) is 37.9 Å². The molecule has 0 saturated heterocycles. The van der Waals surface area contributed by atoms with E-state index < -0.39 is 0 Å². The topological polar surface area (TPSA) is 24.5 Å². The van der Waals surface area contributed by atoms with Crippen LogP contribution in [0.25, 0.3) is 0 Å². The second kappa shape index (κ2) is 9.86. The first-order valence-corrected chi connectivity index (χ1v) is 7.06. The largest absolute Gasteiger partial charge is 0.380 e. The fraction of sp³-hybridized carbons (Fsp3) is 1.00. The summed E-state index contributed by atoms with van der Waals surface area (Å²) in [5, 5.41) is 3.33. The van der Waals surface area contributed by atoms with Crippen LogP contribution in [0, 0.1) is 5.41 Å². The molecule has 0 aromatic heterocycles. The highest BCUT2D eigenvalue weighted by molar-refractivity contribution is 4.79. The summed E-state index contributed by atoms with van der Waals surface area (Å²) in [5.41, 5.74) is 0.381. The molecule has 0 radical (unpaired) electrons. The zero-order valence-electron chi connectivity index (χ0n) is 12.5. The second-order valence-corrected chi connectivity index (χ2v) is 5.16. The molecule has 3 heteroatoms. The Kier molecular flexibility index (Phi) is 9.79. The third-order valence-corrected chi connectivity index (χ3v) is 3.27. The van der Waals surface area contributed by atoms with E-state index in [0.29, 0.717) is 5.41 Å². The highest BCUT2D eigenvalue weighted by Crippen LogP contribution is 2.23. The van der Waals surface area contributed by atoms with Gasteiger partial charge in [-0.25, -0.2) is 0 Å². The van der Waals surface area contributed by atoms with Crippen LogP contribution < -0.4 is 5.32 Å². The lowest BCUT2D eigenvalue weighted by Gasteiger charge is -2.35. The summed E-state index contributed by atoms with van der Waals surface area (Å²) >= 11 is 0. The van der Waals surface area contributed by atoms with Crippen molar-refractivity contribution in [3.63, 3.8) is 0 Å². The van der Waals surface area contributed by atoms with Crippen molar-refractivity contribution in [3.05, 3.63) is 0 Å². The molecule has 3 nitrogen and oxygen atoms in total. The predicted octanol–water partition coefficient (Wildman–Crippen LogP) is 2.37. The van der Waals surface area contributed by atoms with Crippen LogP contribution in [-0.2, 0) is 4.74 Å². The van der Waals surface area contributed by atoms with Crippen LogP contribution in [0.3, 0.4) is 0 Å². The van der Waals surface area contributed by atoms with E-state index in [0.717, 1.165) is 39.4 Å². The molecule has 1 atom stereocenters. The van der Waals surface area contributed by atoms with Gasteiger partial charge in [0.05, 0.1) is 6.61 Å². The number of nitrogens with one attached hydrogen (secondary N) is 1. The number of ether oxygens (including phenoxy) is 1. The standard InChI is InChI=1S/C14H32N2O/c1-6-9-14(4,12-15-5)13-16(7-2)10-11-17-8-3/h15H,6-13H2,1-5H3. The molecule has 0 spiro atoms. The van der Waals surface area contributed by atoms with Gasteiger partial charge in [0.15, 0.2) is 0 Å². The molecule has 0 aliphatic heterocycles. The minimum atomic E-state index is 0.381.